The Labute approximate surface area is 186 Å². The summed E-state index contributed by atoms with van der Waals surface area (Å²) in [6, 6.07) is 25.2. The number of hydrogen-bond donors (Lipinski definition) is 1. The first-order valence-corrected chi connectivity index (χ1v) is 12.7. The van der Waals surface area contributed by atoms with Crippen molar-refractivity contribution < 1.29 is 8.42 Å². The predicted molar refractivity (Wildman–Crippen MR) is 126 cm³/mol. The van der Waals surface area contributed by atoms with Crippen molar-refractivity contribution in [3.8, 4) is 22.5 Å². The number of hydrogen-bond acceptors (Lipinski definition) is 5. The second kappa shape index (κ2) is 9.94. The Balaban J connectivity index is 1.41. The van der Waals surface area contributed by atoms with E-state index in [4.69, 9.17) is 4.98 Å². The van der Waals surface area contributed by atoms with Gasteiger partial charge >= 0.3 is 0 Å². The molecule has 4 rings (SSSR count). The quantitative estimate of drug-likeness (QED) is 0.270. The average Bonchev–Trinajstić information content (AvgIpc) is 3.25. The highest BCUT2D eigenvalue weighted by Crippen LogP contribution is 2.32. The minimum absolute atomic E-state index is 0.104. The highest BCUT2D eigenvalue weighted by Gasteiger charge is 2.16. The van der Waals surface area contributed by atoms with Gasteiger partial charge in [0.1, 0.15) is 0 Å². The van der Waals surface area contributed by atoms with Crippen LogP contribution in [0.1, 0.15) is 12.8 Å². The molecule has 0 radical (unpaired) electrons. The first kappa shape index (κ1) is 21.3. The van der Waals surface area contributed by atoms with Crippen LogP contribution in [0.2, 0.25) is 0 Å². The van der Waals surface area contributed by atoms with E-state index >= 15 is 0 Å². The fourth-order valence-corrected chi connectivity index (χ4v) is 5.41. The summed E-state index contributed by atoms with van der Waals surface area (Å²) in [6.45, 7) is 0. The summed E-state index contributed by atoms with van der Waals surface area (Å²) in [4.78, 5) is 12.2. The zero-order chi connectivity index (χ0) is 21.5. The zero-order valence-electron chi connectivity index (χ0n) is 16.9. The molecule has 0 saturated heterocycles. The molecule has 0 atom stereocenters. The summed E-state index contributed by atoms with van der Waals surface area (Å²) in [7, 11) is -3.32. The largest absolute Gasteiger partial charge is 0.332 e. The van der Waals surface area contributed by atoms with Crippen molar-refractivity contribution in [2.24, 2.45) is 0 Å². The Morgan fingerprint density at radius 3 is 2.16 bits per heavy atom. The van der Waals surface area contributed by atoms with Gasteiger partial charge < -0.3 is 4.98 Å². The summed E-state index contributed by atoms with van der Waals surface area (Å²) in [5.41, 5.74) is 4.06. The zero-order valence-corrected chi connectivity index (χ0v) is 18.6. The fraction of sp³-hybridized carbons (Fsp3) is 0.167. The van der Waals surface area contributed by atoms with Crippen molar-refractivity contribution in [1.29, 1.82) is 0 Å². The molecule has 158 valence electrons. The summed E-state index contributed by atoms with van der Waals surface area (Å²) in [5, 5.41) is 0.985. The van der Waals surface area contributed by atoms with Crippen molar-refractivity contribution in [2.45, 2.75) is 23.0 Å². The van der Waals surface area contributed by atoms with E-state index in [1.807, 2.05) is 36.4 Å². The van der Waals surface area contributed by atoms with Crippen molar-refractivity contribution in [1.82, 2.24) is 15.0 Å². The number of unbranched alkanes of at least 4 members (excludes halogenated alkanes) is 1. The molecule has 0 fully saturated rings. The number of aromatic amines is 1. The van der Waals surface area contributed by atoms with Gasteiger partial charge in [-0.25, -0.2) is 18.4 Å². The molecule has 5 nitrogen and oxygen atoms in total. The molecule has 2 heterocycles. The maximum Gasteiger partial charge on any atom is 0.195 e. The van der Waals surface area contributed by atoms with Crippen LogP contribution in [0.5, 0.6) is 0 Å². The van der Waals surface area contributed by atoms with E-state index in [0.29, 0.717) is 6.42 Å². The Bertz CT molecular complexity index is 1150. The Morgan fingerprint density at radius 1 is 0.806 bits per heavy atom. The molecule has 0 spiro atoms. The average molecular weight is 450 g/mol. The normalized spacial score (nSPS) is 11.5. The van der Waals surface area contributed by atoms with Gasteiger partial charge in [-0.2, -0.15) is 0 Å². The van der Waals surface area contributed by atoms with Gasteiger partial charge in [-0.3, -0.25) is 0 Å². The van der Waals surface area contributed by atoms with Gasteiger partial charge in [0.15, 0.2) is 20.0 Å². The first-order chi connectivity index (χ1) is 15.1. The summed E-state index contributed by atoms with van der Waals surface area (Å²) >= 11 is 1.61. The van der Waals surface area contributed by atoms with Crippen LogP contribution in [0.3, 0.4) is 0 Å². The van der Waals surface area contributed by atoms with Gasteiger partial charge in [-0.1, -0.05) is 78.5 Å². The summed E-state index contributed by atoms with van der Waals surface area (Å²) in [5.74, 6) is 0.890. The number of H-pyrrole nitrogens is 1. The van der Waals surface area contributed by atoms with Gasteiger partial charge in [-0.05, 0) is 25.0 Å². The lowest BCUT2D eigenvalue weighted by Gasteiger charge is -2.03. The predicted octanol–water partition coefficient (Wildman–Crippen LogP) is 5.48. The number of sulfone groups is 1. The lowest BCUT2D eigenvalue weighted by Crippen LogP contribution is -2.08. The van der Waals surface area contributed by atoms with Crippen LogP contribution in [0.4, 0.5) is 0 Å². The van der Waals surface area contributed by atoms with Crippen molar-refractivity contribution in [3.63, 3.8) is 0 Å². The van der Waals surface area contributed by atoms with Gasteiger partial charge in [0.25, 0.3) is 0 Å². The van der Waals surface area contributed by atoms with E-state index in [-0.39, 0.29) is 10.8 Å². The summed E-state index contributed by atoms with van der Waals surface area (Å²) in [6.07, 6.45) is 2.87. The summed E-state index contributed by atoms with van der Waals surface area (Å²) < 4.78 is 24.7. The van der Waals surface area contributed by atoms with Crippen molar-refractivity contribution in [3.05, 3.63) is 85.1 Å². The molecule has 0 bridgehead atoms. The molecule has 0 amide bonds. The van der Waals surface area contributed by atoms with E-state index in [1.54, 1.807) is 30.0 Å². The number of rotatable bonds is 9. The smallest absolute Gasteiger partial charge is 0.195 e. The molecule has 0 aliphatic carbocycles. The SMILES string of the molecule is O=S(=O)(CCCCSc1nc(-c2ccccc2)c(-c2ccccc2)[nH]1)c1ccccn1. The van der Waals surface area contributed by atoms with Crippen LogP contribution in [0, 0.1) is 0 Å². The van der Waals surface area contributed by atoms with Gasteiger partial charge in [-0.15, -0.1) is 0 Å². The standard InChI is InChI=1S/C24H23N3O2S2/c28-31(29,21-15-7-8-16-25-21)18-10-9-17-30-24-26-22(19-11-3-1-4-12-19)23(27-24)20-13-5-2-6-14-20/h1-8,11-16H,9-10,17-18H2,(H,26,27). The molecule has 7 heteroatoms. The molecular weight excluding hydrogens is 426 g/mol. The third-order valence-electron chi connectivity index (χ3n) is 4.79. The fourth-order valence-electron chi connectivity index (χ4n) is 3.24. The first-order valence-electron chi connectivity index (χ1n) is 10.1. The molecule has 1 N–H and O–H groups in total. The molecule has 31 heavy (non-hydrogen) atoms. The van der Waals surface area contributed by atoms with E-state index in [9.17, 15) is 8.42 Å². The minimum atomic E-state index is -3.32. The maximum atomic E-state index is 12.3. The topological polar surface area (TPSA) is 75.7 Å². The lowest BCUT2D eigenvalue weighted by molar-refractivity contribution is 0.589. The van der Waals surface area contributed by atoms with Gasteiger partial charge in [0.2, 0.25) is 0 Å². The number of benzene rings is 2. The van der Waals surface area contributed by atoms with E-state index in [1.165, 1.54) is 6.20 Å². The minimum Gasteiger partial charge on any atom is -0.332 e. The lowest BCUT2D eigenvalue weighted by atomic mass is 10.1. The van der Waals surface area contributed by atoms with Crippen LogP contribution < -0.4 is 0 Å². The van der Waals surface area contributed by atoms with Crippen molar-refractivity contribution in [2.75, 3.05) is 11.5 Å². The number of thioether (sulfide) groups is 1. The van der Waals surface area contributed by atoms with Crippen LogP contribution in [0.15, 0.2) is 95.2 Å². The number of nitrogens with one attached hydrogen (secondary N) is 1. The molecular formula is C24H23N3O2S2. The van der Waals surface area contributed by atoms with Gasteiger partial charge in [0, 0.05) is 23.1 Å². The monoisotopic (exact) mass is 449 g/mol. The van der Waals surface area contributed by atoms with E-state index in [0.717, 1.165) is 39.8 Å². The van der Waals surface area contributed by atoms with Crippen LogP contribution in [-0.4, -0.2) is 34.9 Å². The molecule has 0 unspecified atom stereocenters. The van der Waals surface area contributed by atoms with Crippen molar-refractivity contribution >= 4 is 21.6 Å². The number of imidazole rings is 1. The number of aromatic nitrogens is 3. The molecule has 0 aliphatic heterocycles. The third-order valence-corrected chi connectivity index (χ3v) is 7.46. The molecule has 2 aromatic heterocycles. The maximum absolute atomic E-state index is 12.3. The molecule has 4 aromatic rings. The van der Waals surface area contributed by atoms with Crippen LogP contribution >= 0.6 is 11.8 Å². The molecule has 2 aromatic carbocycles. The highest BCUT2D eigenvalue weighted by atomic mass is 32.2. The van der Waals surface area contributed by atoms with E-state index in [2.05, 4.69) is 34.2 Å². The van der Waals surface area contributed by atoms with Crippen LogP contribution in [-0.2, 0) is 9.84 Å². The Hall–Kier alpha value is -2.90. The Kier molecular flexibility index (Phi) is 6.84. The highest BCUT2D eigenvalue weighted by molar-refractivity contribution is 7.99. The van der Waals surface area contributed by atoms with Gasteiger partial charge in [0.05, 0.1) is 17.1 Å². The third kappa shape index (κ3) is 5.42. The number of nitrogens with zero attached hydrogens (tertiary/aromatic N) is 2. The molecule has 0 aliphatic rings. The van der Waals surface area contributed by atoms with Crippen LogP contribution in [0.25, 0.3) is 22.5 Å². The number of pyridine rings is 1. The molecule has 0 saturated carbocycles. The second-order valence-corrected chi connectivity index (χ2v) is 10.2. The van der Waals surface area contributed by atoms with E-state index < -0.39 is 9.84 Å². The second-order valence-electron chi connectivity index (χ2n) is 7.04. The Morgan fingerprint density at radius 2 is 1.48 bits per heavy atom.